The van der Waals surface area contributed by atoms with E-state index in [1.165, 1.54) is 34.8 Å². The van der Waals surface area contributed by atoms with Crippen LogP contribution in [0.4, 0.5) is 10.1 Å². The molecule has 0 spiro atoms. The highest BCUT2D eigenvalue weighted by atomic mass is 32.1. The van der Waals surface area contributed by atoms with Crippen LogP contribution in [0.15, 0.2) is 18.2 Å². The van der Waals surface area contributed by atoms with Crippen LogP contribution < -0.4 is 15.8 Å². The predicted octanol–water partition coefficient (Wildman–Crippen LogP) is 3.12. The van der Waals surface area contributed by atoms with Crippen LogP contribution in [0.2, 0.25) is 0 Å². The van der Waals surface area contributed by atoms with Gasteiger partial charge in [0.1, 0.15) is 27.9 Å². The summed E-state index contributed by atoms with van der Waals surface area (Å²) in [6.45, 7) is 2.26. The highest BCUT2D eigenvalue weighted by Crippen LogP contribution is 2.37. The van der Waals surface area contributed by atoms with E-state index in [9.17, 15) is 9.18 Å². The molecule has 0 unspecified atom stereocenters. The van der Waals surface area contributed by atoms with Crippen molar-refractivity contribution in [1.82, 2.24) is 10.3 Å². The van der Waals surface area contributed by atoms with Crippen LogP contribution in [-0.4, -0.2) is 23.5 Å². The van der Waals surface area contributed by atoms with E-state index in [1.807, 2.05) is 6.92 Å². The minimum atomic E-state index is -0.312. The molecule has 0 bridgehead atoms. The van der Waals surface area contributed by atoms with Crippen LogP contribution in [0.3, 0.4) is 0 Å². The average molecular weight is 363 g/mol. The molecule has 2 aromatic heterocycles. The molecule has 3 aromatic rings. The molecule has 124 valence electrons. The number of ether oxygens (including phenoxy) is 1. The third-order valence-corrected chi connectivity index (χ3v) is 6.09. The molecule has 1 aliphatic heterocycles. The second-order valence-corrected chi connectivity index (χ2v) is 7.85. The second-order valence-electron chi connectivity index (χ2n) is 5.65. The van der Waals surface area contributed by atoms with E-state index in [4.69, 9.17) is 10.5 Å². The molecule has 0 radical (unpaired) electrons. The standard InChI is InChI=1S/C16H14FN3O2S2/c1-7-19-16-14(23-7)12(18)13(24-16)15(21)20-10-5-8-4-9(17)2-3-11(8)22-6-10/h2-4,10H,5-6,18H2,1H3,(H,20,21)/t10-/m0/s1. The van der Waals surface area contributed by atoms with Crippen molar-refractivity contribution >= 4 is 43.8 Å². The number of aryl methyl sites for hydroxylation is 1. The lowest BCUT2D eigenvalue weighted by Crippen LogP contribution is -2.42. The molecule has 3 N–H and O–H groups in total. The summed E-state index contributed by atoms with van der Waals surface area (Å²) >= 11 is 2.77. The summed E-state index contributed by atoms with van der Waals surface area (Å²) in [5.74, 6) is 0.111. The molecule has 4 rings (SSSR count). The number of rotatable bonds is 2. The van der Waals surface area contributed by atoms with E-state index in [1.54, 1.807) is 6.07 Å². The fraction of sp³-hybridized carbons (Fsp3) is 0.250. The topological polar surface area (TPSA) is 77.2 Å². The third-order valence-electron chi connectivity index (χ3n) is 3.86. The van der Waals surface area contributed by atoms with Gasteiger partial charge in [0.15, 0.2) is 0 Å². The van der Waals surface area contributed by atoms with Crippen molar-refractivity contribution in [2.24, 2.45) is 0 Å². The maximum atomic E-state index is 13.4. The van der Waals surface area contributed by atoms with Crippen LogP contribution in [0, 0.1) is 12.7 Å². The van der Waals surface area contributed by atoms with Crippen LogP contribution in [0.1, 0.15) is 20.2 Å². The number of nitrogen functional groups attached to an aromatic ring is 1. The molecule has 0 saturated heterocycles. The van der Waals surface area contributed by atoms with E-state index in [-0.39, 0.29) is 17.8 Å². The first-order chi connectivity index (χ1) is 11.5. The number of hydrogen-bond acceptors (Lipinski definition) is 6. The van der Waals surface area contributed by atoms with Crippen molar-refractivity contribution in [2.45, 2.75) is 19.4 Å². The highest BCUT2D eigenvalue weighted by Gasteiger charge is 2.25. The Balaban J connectivity index is 1.53. The minimum absolute atomic E-state index is 0.221. The zero-order valence-corrected chi connectivity index (χ0v) is 14.4. The molecule has 1 atom stereocenters. The quantitative estimate of drug-likeness (QED) is 0.733. The van der Waals surface area contributed by atoms with E-state index < -0.39 is 0 Å². The SMILES string of the molecule is Cc1nc2sc(C(=O)N[C@@H]3COc4ccc(F)cc4C3)c(N)c2s1. The fourth-order valence-corrected chi connectivity index (χ4v) is 4.87. The van der Waals surface area contributed by atoms with Crippen molar-refractivity contribution in [2.75, 3.05) is 12.3 Å². The number of carbonyl (C=O) groups is 1. The number of nitrogens with one attached hydrogen (secondary N) is 1. The summed E-state index contributed by atoms with van der Waals surface area (Å²) in [6, 6.07) is 4.20. The molecule has 0 fully saturated rings. The van der Waals surface area contributed by atoms with E-state index in [0.29, 0.717) is 29.3 Å². The number of aromatic nitrogens is 1. The maximum absolute atomic E-state index is 13.4. The number of nitrogens with zero attached hydrogens (tertiary/aromatic N) is 1. The molecule has 24 heavy (non-hydrogen) atoms. The van der Waals surface area contributed by atoms with Gasteiger partial charge in [0.25, 0.3) is 5.91 Å². The van der Waals surface area contributed by atoms with Gasteiger partial charge in [-0.05, 0) is 37.1 Å². The number of nitrogens with two attached hydrogens (primary N) is 1. The van der Waals surface area contributed by atoms with E-state index in [2.05, 4.69) is 10.3 Å². The summed E-state index contributed by atoms with van der Waals surface area (Å²) < 4.78 is 19.8. The van der Waals surface area contributed by atoms with Crippen LogP contribution >= 0.6 is 22.7 Å². The van der Waals surface area contributed by atoms with Crippen molar-refractivity contribution in [3.8, 4) is 5.75 Å². The Bertz CT molecular complexity index is 950. The zero-order chi connectivity index (χ0) is 16.8. The second kappa shape index (κ2) is 5.71. The fourth-order valence-electron chi connectivity index (χ4n) is 2.78. The number of benzene rings is 1. The van der Waals surface area contributed by atoms with E-state index >= 15 is 0 Å². The average Bonchev–Trinajstić information content (AvgIpc) is 3.05. The van der Waals surface area contributed by atoms with Gasteiger partial charge in [-0.2, -0.15) is 0 Å². The predicted molar refractivity (Wildman–Crippen MR) is 93.5 cm³/mol. The van der Waals surface area contributed by atoms with Gasteiger partial charge in [0.2, 0.25) is 0 Å². The summed E-state index contributed by atoms with van der Waals surface area (Å²) in [7, 11) is 0. The van der Waals surface area contributed by atoms with Gasteiger partial charge in [0.05, 0.1) is 21.4 Å². The van der Waals surface area contributed by atoms with Gasteiger partial charge in [0, 0.05) is 0 Å². The Hall–Kier alpha value is -2.19. The molecular formula is C16H14FN3O2S2. The molecule has 1 aromatic carbocycles. The lowest BCUT2D eigenvalue weighted by Gasteiger charge is -2.26. The number of fused-ring (bicyclic) bond motifs is 2. The number of hydrogen-bond donors (Lipinski definition) is 2. The Morgan fingerprint density at radius 1 is 1.46 bits per heavy atom. The van der Waals surface area contributed by atoms with Crippen molar-refractivity contribution in [3.63, 3.8) is 0 Å². The number of halogens is 1. The zero-order valence-electron chi connectivity index (χ0n) is 12.8. The lowest BCUT2D eigenvalue weighted by atomic mass is 10.0. The molecule has 1 amide bonds. The monoisotopic (exact) mass is 363 g/mol. The Morgan fingerprint density at radius 3 is 3.08 bits per heavy atom. The summed E-state index contributed by atoms with van der Waals surface area (Å²) in [5, 5.41) is 3.85. The number of thiophene rings is 1. The third kappa shape index (κ3) is 2.61. The largest absolute Gasteiger partial charge is 0.491 e. The van der Waals surface area contributed by atoms with Crippen molar-refractivity contribution < 1.29 is 13.9 Å². The lowest BCUT2D eigenvalue weighted by molar-refractivity contribution is 0.0920. The maximum Gasteiger partial charge on any atom is 0.263 e. The Kier molecular flexibility index (Phi) is 3.65. The van der Waals surface area contributed by atoms with Crippen LogP contribution in [-0.2, 0) is 6.42 Å². The molecule has 3 heterocycles. The molecule has 1 aliphatic rings. The highest BCUT2D eigenvalue weighted by molar-refractivity contribution is 7.29. The number of anilines is 1. The number of amides is 1. The van der Waals surface area contributed by atoms with Crippen LogP contribution in [0.5, 0.6) is 5.75 Å². The molecule has 0 saturated carbocycles. The Morgan fingerprint density at radius 2 is 2.29 bits per heavy atom. The van der Waals surface area contributed by atoms with Gasteiger partial charge in [-0.1, -0.05) is 0 Å². The van der Waals surface area contributed by atoms with Crippen molar-refractivity contribution in [3.05, 3.63) is 39.5 Å². The number of thiazole rings is 1. The first kappa shape index (κ1) is 15.3. The minimum Gasteiger partial charge on any atom is -0.491 e. The van der Waals surface area contributed by atoms with Gasteiger partial charge >= 0.3 is 0 Å². The first-order valence-corrected chi connectivity index (χ1v) is 9.02. The summed E-state index contributed by atoms with van der Waals surface area (Å²) in [5.41, 5.74) is 7.32. The molecule has 8 heteroatoms. The summed E-state index contributed by atoms with van der Waals surface area (Å²) in [4.78, 5) is 18.2. The molecular weight excluding hydrogens is 349 g/mol. The summed E-state index contributed by atoms with van der Waals surface area (Å²) in [6.07, 6.45) is 0.524. The molecule has 0 aliphatic carbocycles. The molecule has 5 nitrogen and oxygen atoms in total. The normalized spacial score (nSPS) is 16.7. The Labute approximate surface area is 145 Å². The van der Waals surface area contributed by atoms with Gasteiger partial charge in [-0.15, -0.1) is 22.7 Å². The van der Waals surface area contributed by atoms with Crippen LogP contribution in [0.25, 0.3) is 9.53 Å². The van der Waals surface area contributed by atoms with E-state index in [0.717, 1.165) is 20.1 Å². The van der Waals surface area contributed by atoms with Gasteiger partial charge in [-0.25, -0.2) is 9.37 Å². The smallest absolute Gasteiger partial charge is 0.263 e. The van der Waals surface area contributed by atoms with Gasteiger partial charge in [-0.3, -0.25) is 4.79 Å². The van der Waals surface area contributed by atoms with Crippen molar-refractivity contribution in [1.29, 1.82) is 0 Å². The first-order valence-electron chi connectivity index (χ1n) is 7.39. The van der Waals surface area contributed by atoms with Gasteiger partial charge < -0.3 is 15.8 Å². The number of carbonyl (C=O) groups excluding carboxylic acids is 1.